The fourth-order valence-corrected chi connectivity index (χ4v) is 4.49. The average molecular weight is 431 g/mol. The van der Waals surface area contributed by atoms with E-state index in [1.54, 1.807) is 20.4 Å². The van der Waals surface area contributed by atoms with E-state index in [-0.39, 0.29) is 5.56 Å². The molecule has 0 atom stereocenters. The second-order valence-electron chi connectivity index (χ2n) is 8.05. The smallest absolute Gasteiger partial charge is 0.257 e. The number of rotatable bonds is 6. The second kappa shape index (κ2) is 8.51. The Kier molecular flexibility index (Phi) is 5.41. The van der Waals surface area contributed by atoms with E-state index in [4.69, 9.17) is 9.47 Å². The fourth-order valence-electron chi connectivity index (χ4n) is 4.49. The van der Waals surface area contributed by atoms with Crippen molar-refractivity contribution in [2.45, 2.75) is 26.1 Å². The zero-order valence-corrected chi connectivity index (χ0v) is 18.3. The van der Waals surface area contributed by atoms with Crippen LogP contribution in [-0.4, -0.2) is 39.8 Å². The van der Waals surface area contributed by atoms with Gasteiger partial charge in [-0.05, 0) is 29.7 Å². The predicted octanol–water partition coefficient (Wildman–Crippen LogP) is 3.12. The van der Waals surface area contributed by atoms with Crippen LogP contribution in [0.4, 0.5) is 0 Å². The Bertz CT molecular complexity index is 1310. The van der Waals surface area contributed by atoms with E-state index >= 15 is 0 Å². The lowest BCUT2D eigenvalue weighted by molar-refractivity contribution is 0.237. The molecule has 7 heteroatoms. The summed E-state index contributed by atoms with van der Waals surface area (Å²) in [5.74, 6) is 1.44. The topological polar surface area (TPSA) is 61.0 Å². The molecule has 0 spiro atoms. The van der Waals surface area contributed by atoms with Crippen LogP contribution >= 0.6 is 0 Å². The first-order valence-corrected chi connectivity index (χ1v) is 10.7. The maximum Gasteiger partial charge on any atom is 0.257 e. The van der Waals surface area contributed by atoms with Gasteiger partial charge in [0.15, 0.2) is 11.5 Å². The molecule has 0 amide bonds. The highest BCUT2D eigenvalue weighted by Crippen LogP contribution is 2.29. The number of hydrogen-bond acceptors (Lipinski definition) is 5. The van der Waals surface area contributed by atoms with Gasteiger partial charge in [0.25, 0.3) is 5.56 Å². The normalized spacial score (nSPS) is 13.8. The van der Waals surface area contributed by atoms with Gasteiger partial charge in [-0.15, -0.1) is 0 Å². The molecule has 0 aliphatic carbocycles. The molecule has 1 aliphatic heterocycles. The fraction of sp³-hybridized carbons (Fsp3) is 0.280. The van der Waals surface area contributed by atoms with Crippen molar-refractivity contribution in [1.82, 2.24) is 19.1 Å². The summed E-state index contributed by atoms with van der Waals surface area (Å²) in [4.78, 5) is 15.8. The molecule has 2 aromatic heterocycles. The lowest BCUT2D eigenvalue weighted by Crippen LogP contribution is -2.38. The van der Waals surface area contributed by atoms with Crippen LogP contribution in [-0.2, 0) is 26.1 Å². The van der Waals surface area contributed by atoms with Crippen LogP contribution in [0.2, 0.25) is 0 Å². The number of nitrogens with zero attached hydrogens (tertiary/aromatic N) is 4. The van der Waals surface area contributed by atoms with Crippen molar-refractivity contribution in [3.8, 4) is 11.5 Å². The van der Waals surface area contributed by atoms with Gasteiger partial charge in [0.1, 0.15) is 5.65 Å². The summed E-state index contributed by atoms with van der Waals surface area (Å²) < 4.78 is 14.6. The third-order valence-corrected chi connectivity index (χ3v) is 6.10. The van der Waals surface area contributed by atoms with Crippen LogP contribution in [0, 0.1) is 0 Å². The van der Waals surface area contributed by atoms with Crippen LogP contribution in [0.5, 0.6) is 11.5 Å². The first-order chi connectivity index (χ1) is 15.7. The minimum absolute atomic E-state index is 0.0858. The molecule has 1 aliphatic rings. The molecule has 5 rings (SSSR count). The molecule has 0 bridgehead atoms. The Morgan fingerprint density at radius 3 is 2.53 bits per heavy atom. The van der Waals surface area contributed by atoms with Crippen LogP contribution in [0.25, 0.3) is 5.65 Å². The summed E-state index contributed by atoms with van der Waals surface area (Å²) in [6.07, 6.45) is 2.47. The van der Waals surface area contributed by atoms with E-state index in [0.29, 0.717) is 19.5 Å². The lowest BCUT2D eigenvalue weighted by Gasteiger charge is -2.29. The van der Waals surface area contributed by atoms with E-state index in [1.807, 2.05) is 57.6 Å². The van der Waals surface area contributed by atoms with Gasteiger partial charge in [0, 0.05) is 31.3 Å². The molecule has 7 nitrogen and oxygen atoms in total. The highest BCUT2D eigenvalue weighted by molar-refractivity contribution is 5.44. The van der Waals surface area contributed by atoms with E-state index in [1.165, 1.54) is 0 Å². The number of methoxy groups -OCH3 is 2. The monoisotopic (exact) mass is 430 g/mol. The molecule has 2 aromatic carbocycles. The molecule has 3 heterocycles. The maximum atomic E-state index is 13.4. The minimum atomic E-state index is 0.0858. The number of hydrogen-bond donors (Lipinski definition) is 0. The van der Waals surface area contributed by atoms with Gasteiger partial charge in [-0.25, -0.2) is 4.52 Å². The molecule has 0 N–H and O–H groups in total. The van der Waals surface area contributed by atoms with E-state index < -0.39 is 0 Å². The van der Waals surface area contributed by atoms with Crippen molar-refractivity contribution in [2.75, 3.05) is 20.8 Å². The van der Waals surface area contributed by atoms with E-state index in [9.17, 15) is 4.79 Å². The van der Waals surface area contributed by atoms with Gasteiger partial charge < -0.3 is 9.47 Å². The summed E-state index contributed by atoms with van der Waals surface area (Å²) in [5.41, 5.74) is 4.99. The second-order valence-corrected chi connectivity index (χ2v) is 8.05. The van der Waals surface area contributed by atoms with Crippen molar-refractivity contribution < 1.29 is 9.47 Å². The van der Waals surface area contributed by atoms with Gasteiger partial charge in [-0.3, -0.25) is 14.3 Å². The SMILES string of the molecule is COc1ccc(CN2CCc3c(n4nccc4n(Cc4ccccc4)c3=O)C2)cc1OC. The summed E-state index contributed by atoms with van der Waals surface area (Å²) in [6.45, 7) is 2.78. The Labute approximate surface area is 186 Å². The molecule has 32 heavy (non-hydrogen) atoms. The van der Waals surface area contributed by atoms with Crippen LogP contribution in [0.1, 0.15) is 22.4 Å². The summed E-state index contributed by atoms with van der Waals surface area (Å²) in [5, 5.41) is 4.56. The molecule has 4 aromatic rings. The summed E-state index contributed by atoms with van der Waals surface area (Å²) in [7, 11) is 3.28. The molecule has 0 saturated heterocycles. The average Bonchev–Trinajstić information content (AvgIpc) is 3.32. The maximum absolute atomic E-state index is 13.4. The number of fused-ring (bicyclic) bond motifs is 3. The third-order valence-electron chi connectivity index (χ3n) is 6.10. The van der Waals surface area contributed by atoms with Crippen molar-refractivity contribution in [3.05, 3.63) is 93.5 Å². The van der Waals surface area contributed by atoms with Gasteiger partial charge in [-0.1, -0.05) is 36.4 Å². The number of benzene rings is 2. The zero-order chi connectivity index (χ0) is 22.1. The number of aromatic nitrogens is 3. The molecular formula is C25H26N4O3. The lowest BCUT2D eigenvalue weighted by atomic mass is 10.0. The Hall–Kier alpha value is -3.58. The van der Waals surface area contributed by atoms with Gasteiger partial charge in [-0.2, -0.15) is 5.10 Å². The number of ether oxygens (including phenoxy) is 2. The molecule has 0 unspecified atom stereocenters. The third kappa shape index (κ3) is 3.65. The molecule has 0 saturated carbocycles. The summed E-state index contributed by atoms with van der Waals surface area (Å²) in [6, 6.07) is 18.0. The van der Waals surface area contributed by atoms with E-state index in [2.05, 4.69) is 16.1 Å². The van der Waals surface area contributed by atoms with Crippen LogP contribution in [0.3, 0.4) is 0 Å². The molecule has 0 fully saturated rings. The highest BCUT2D eigenvalue weighted by atomic mass is 16.5. The van der Waals surface area contributed by atoms with Crippen LogP contribution < -0.4 is 15.0 Å². The van der Waals surface area contributed by atoms with Crippen molar-refractivity contribution in [1.29, 1.82) is 0 Å². The standard InChI is InChI=1S/C25H26N4O3/c1-31-22-9-8-19(14-23(22)32-2)15-27-13-11-20-21(17-27)29-24(10-12-26-29)28(25(20)30)16-18-6-4-3-5-7-18/h3-10,12,14H,11,13,15-17H2,1-2H3. The van der Waals surface area contributed by atoms with Crippen LogP contribution in [0.15, 0.2) is 65.6 Å². The largest absolute Gasteiger partial charge is 0.493 e. The Morgan fingerprint density at radius 1 is 0.938 bits per heavy atom. The highest BCUT2D eigenvalue weighted by Gasteiger charge is 2.24. The zero-order valence-electron chi connectivity index (χ0n) is 18.3. The van der Waals surface area contributed by atoms with E-state index in [0.717, 1.165) is 52.6 Å². The quantitative estimate of drug-likeness (QED) is 0.470. The van der Waals surface area contributed by atoms with Gasteiger partial charge in [0.2, 0.25) is 0 Å². The molecular weight excluding hydrogens is 404 g/mol. The van der Waals surface area contributed by atoms with Crippen molar-refractivity contribution in [2.24, 2.45) is 0 Å². The first-order valence-electron chi connectivity index (χ1n) is 10.7. The first kappa shape index (κ1) is 20.3. The van der Waals surface area contributed by atoms with Gasteiger partial charge in [0.05, 0.1) is 32.7 Å². The Morgan fingerprint density at radius 2 is 1.75 bits per heavy atom. The van der Waals surface area contributed by atoms with Gasteiger partial charge >= 0.3 is 0 Å². The minimum Gasteiger partial charge on any atom is -0.493 e. The van der Waals surface area contributed by atoms with Crippen molar-refractivity contribution >= 4 is 5.65 Å². The summed E-state index contributed by atoms with van der Waals surface area (Å²) >= 11 is 0. The Balaban J connectivity index is 1.46. The predicted molar refractivity (Wildman–Crippen MR) is 122 cm³/mol. The van der Waals surface area contributed by atoms with Crippen molar-refractivity contribution in [3.63, 3.8) is 0 Å². The molecule has 164 valence electrons. The molecule has 0 radical (unpaired) electrons.